The molecular weight excluding hydrogens is 319 g/mol. The van der Waals surface area contributed by atoms with Gasteiger partial charge in [-0.3, -0.25) is 0 Å². The molecule has 0 rings (SSSR count). The summed E-state index contributed by atoms with van der Waals surface area (Å²) in [4.78, 5) is 9.98. The summed E-state index contributed by atoms with van der Waals surface area (Å²) in [5.41, 5.74) is 0. The quantitative estimate of drug-likeness (QED) is 0.206. The maximum Gasteiger partial charge on any atom is 0.329 e. The summed E-state index contributed by atoms with van der Waals surface area (Å²) in [6.45, 7) is 10.2. The molecule has 1 N–H and O–H groups in total. The molecule has 0 aliphatic carbocycles. The Bertz CT molecular complexity index is 227. The molecule has 0 aliphatic heterocycles. The van der Waals surface area contributed by atoms with E-state index in [1.807, 2.05) is 0 Å². The van der Waals surface area contributed by atoms with Crippen LogP contribution in [-0.4, -0.2) is 18.1 Å². The first kappa shape index (κ1) is 24.3. The van der Waals surface area contributed by atoms with Gasteiger partial charge in [0.1, 0.15) is 0 Å². The standard InChI is InChI=1S/C20H43O3P/c1-5-9-11-13-15-19(7-3)17-22-24(21)23-18-20(8-4)16-14-12-10-6-2/h19-21H,5-18H2,1-4H3. The second-order valence-corrected chi connectivity index (χ2v) is 8.07. The van der Waals surface area contributed by atoms with E-state index in [0.717, 1.165) is 12.8 Å². The number of hydrogen-bond donors (Lipinski definition) is 1. The van der Waals surface area contributed by atoms with Crippen molar-refractivity contribution in [1.29, 1.82) is 0 Å². The van der Waals surface area contributed by atoms with E-state index in [9.17, 15) is 4.89 Å². The van der Waals surface area contributed by atoms with Crippen molar-refractivity contribution in [3.8, 4) is 0 Å². The van der Waals surface area contributed by atoms with Crippen molar-refractivity contribution in [1.82, 2.24) is 0 Å². The van der Waals surface area contributed by atoms with Gasteiger partial charge in [-0.05, 0) is 24.7 Å². The van der Waals surface area contributed by atoms with Crippen molar-refractivity contribution in [2.75, 3.05) is 13.2 Å². The van der Waals surface area contributed by atoms with E-state index in [-0.39, 0.29) is 0 Å². The number of hydrogen-bond acceptors (Lipinski definition) is 3. The summed E-state index contributed by atoms with van der Waals surface area (Å²) < 4.78 is 11.2. The molecule has 0 saturated heterocycles. The van der Waals surface area contributed by atoms with Crippen molar-refractivity contribution in [2.45, 2.75) is 105 Å². The smallest absolute Gasteiger partial charge is 0.328 e. The normalized spacial score (nSPS) is 15.4. The summed E-state index contributed by atoms with van der Waals surface area (Å²) in [5, 5.41) is 0. The highest BCUT2D eigenvalue weighted by molar-refractivity contribution is 7.40. The molecule has 24 heavy (non-hydrogen) atoms. The number of unbranched alkanes of at least 4 members (excludes halogenated alkanes) is 6. The molecule has 0 aliphatic rings. The lowest BCUT2D eigenvalue weighted by Crippen LogP contribution is -2.10. The predicted octanol–water partition coefficient (Wildman–Crippen LogP) is 7.23. The molecule has 0 aromatic carbocycles. The van der Waals surface area contributed by atoms with E-state index < -0.39 is 8.60 Å². The van der Waals surface area contributed by atoms with Gasteiger partial charge in [-0.1, -0.05) is 91.9 Å². The Labute approximate surface area is 152 Å². The first-order valence-corrected chi connectivity index (χ1v) is 11.6. The Hall–Kier alpha value is 0.310. The lowest BCUT2D eigenvalue weighted by Gasteiger charge is -2.19. The predicted molar refractivity (Wildman–Crippen MR) is 106 cm³/mol. The average Bonchev–Trinajstić information content (AvgIpc) is 2.60. The van der Waals surface area contributed by atoms with E-state index in [1.165, 1.54) is 64.2 Å². The van der Waals surface area contributed by atoms with Crippen LogP contribution in [0.1, 0.15) is 105 Å². The molecule has 0 radical (unpaired) electrons. The highest BCUT2D eigenvalue weighted by Crippen LogP contribution is 2.35. The number of rotatable bonds is 18. The van der Waals surface area contributed by atoms with E-state index in [1.54, 1.807) is 0 Å². The monoisotopic (exact) mass is 362 g/mol. The summed E-state index contributed by atoms with van der Waals surface area (Å²) in [6.07, 6.45) is 15.0. The second kappa shape index (κ2) is 18.1. The maximum absolute atomic E-state index is 9.98. The van der Waals surface area contributed by atoms with Crippen molar-refractivity contribution in [2.24, 2.45) is 11.8 Å². The van der Waals surface area contributed by atoms with Gasteiger partial charge in [-0.25, -0.2) is 0 Å². The molecule has 0 heterocycles. The minimum atomic E-state index is -1.70. The zero-order valence-electron chi connectivity index (χ0n) is 16.8. The van der Waals surface area contributed by atoms with Gasteiger partial charge in [0, 0.05) is 0 Å². The van der Waals surface area contributed by atoms with Gasteiger partial charge in [0.2, 0.25) is 0 Å². The summed E-state index contributed by atoms with van der Waals surface area (Å²) in [7, 11) is -1.70. The highest BCUT2D eigenvalue weighted by Gasteiger charge is 2.15. The first-order chi connectivity index (χ1) is 11.7. The molecule has 0 saturated carbocycles. The highest BCUT2D eigenvalue weighted by atomic mass is 31.2. The van der Waals surface area contributed by atoms with Crippen LogP contribution in [0.2, 0.25) is 0 Å². The van der Waals surface area contributed by atoms with Crippen molar-refractivity contribution in [3.63, 3.8) is 0 Å². The Kier molecular flexibility index (Phi) is 18.3. The molecule has 0 aromatic heterocycles. The summed E-state index contributed by atoms with van der Waals surface area (Å²) in [6, 6.07) is 0. The second-order valence-electron chi connectivity index (χ2n) is 7.08. The van der Waals surface area contributed by atoms with Crippen LogP contribution in [0.15, 0.2) is 0 Å². The molecule has 3 nitrogen and oxygen atoms in total. The van der Waals surface area contributed by atoms with Gasteiger partial charge in [0.05, 0.1) is 13.2 Å². The van der Waals surface area contributed by atoms with Gasteiger partial charge in [-0.15, -0.1) is 0 Å². The Balaban J connectivity index is 3.78. The molecule has 0 fully saturated rings. The van der Waals surface area contributed by atoms with Gasteiger partial charge < -0.3 is 13.9 Å². The van der Waals surface area contributed by atoms with Crippen LogP contribution in [0.3, 0.4) is 0 Å². The van der Waals surface area contributed by atoms with E-state index in [0.29, 0.717) is 25.0 Å². The zero-order valence-corrected chi connectivity index (χ0v) is 17.7. The van der Waals surface area contributed by atoms with Gasteiger partial charge >= 0.3 is 8.60 Å². The Morgan fingerprint density at radius 2 is 1.08 bits per heavy atom. The van der Waals surface area contributed by atoms with Gasteiger partial charge in [-0.2, -0.15) is 0 Å². The maximum atomic E-state index is 9.98. The van der Waals surface area contributed by atoms with Crippen LogP contribution in [0.25, 0.3) is 0 Å². The van der Waals surface area contributed by atoms with Crippen molar-refractivity contribution in [3.05, 3.63) is 0 Å². The van der Waals surface area contributed by atoms with Gasteiger partial charge in [0.15, 0.2) is 0 Å². The molecule has 0 spiro atoms. The van der Waals surface area contributed by atoms with Crippen LogP contribution in [0.5, 0.6) is 0 Å². The SMILES string of the molecule is CCCCCCC(CC)COP(O)OCC(CC)CCCCCC. The lowest BCUT2D eigenvalue weighted by atomic mass is 9.99. The average molecular weight is 363 g/mol. The minimum Gasteiger partial charge on any atom is -0.328 e. The molecule has 2 atom stereocenters. The van der Waals surface area contributed by atoms with Crippen LogP contribution in [-0.2, 0) is 9.05 Å². The van der Waals surface area contributed by atoms with E-state index in [4.69, 9.17) is 9.05 Å². The Morgan fingerprint density at radius 3 is 1.42 bits per heavy atom. The lowest BCUT2D eigenvalue weighted by molar-refractivity contribution is 0.148. The third-order valence-corrected chi connectivity index (χ3v) is 5.67. The van der Waals surface area contributed by atoms with Crippen LogP contribution in [0, 0.1) is 11.8 Å². The third kappa shape index (κ3) is 14.6. The minimum absolute atomic E-state index is 0.554. The molecular formula is C20H43O3P. The van der Waals surface area contributed by atoms with Crippen molar-refractivity contribution < 1.29 is 13.9 Å². The molecule has 2 unspecified atom stereocenters. The molecule has 146 valence electrons. The van der Waals surface area contributed by atoms with Crippen LogP contribution < -0.4 is 0 Å². The molecule has 0 aromatic rings. The topological polar surface area (TPSA) is 38.7 Å². The first-order valence-electron chi connectivity index (χ1n) is 10.4. The van der Waals surface area contributed by atoms with Crippen molar-refractivity contribution >= 4 is 8.60 Å². The summed E-state index contributed by atoms with van der Waals surface area (Å²) >= 11 is 0. The fourth-order valence-corrected chi connectivity index (χ4v) is 3.66. The van der Waals surface area contributed by atoms with E-state index in [2.05, 4.69) is 27.7 Å². The summed E-state index contributed by atoms with van der Waals surface area (Å²) in [5.74, 6) is 1.11. The largest absolute Gasteiger partial charge is 0.329 e. The van der Waals surface area contributed by atoms with Crippen LogP contribution in [0.4, 0.5) is 0 Å². The fourth-order valence-electron chi connectivity index (χ4n) is 2.91. The Morgan fingerprint density at radius 1 is 0.667 bits per heavy atom. The molecule has 0 bridgehead atoms. The van der Waals surface area contributed by atoms with Gasteiger partial charge in [0.25, 0.3) is 0 Å². The fraction of sp³-hybridized carbons (Fsp3) is 1.00. The molecule has 0 amide bonds. The zero-order chi connectivity index (χ0) is 18.0. The molecule has 4 heteroatoms. The van der Waals surface area contributed by atoms with Crippen LogP contribution >= 0.6 is 8.60 Å². The van der Waals surface area contributed by atoms with E-state index >= 15 is 0 Å². The third-order valence-electron chi connectivity index (χ3n) is 4.93.